The molecule has 2 saturated carbocycles. The molecule has 1 N–H and O–H groups in total. The summed E-state index contributed by atoms with van der Waals surface area (Å²) in [6, 6.07) is 0. The van der Waals surface area contributed by atoms with Gasteiger partial charge in [0.25, 0.3) is 5.56 Å². The number of aromatic amines is 1. The van der Waals surface area contributed by atoms with Crippen molar-refractivity contribution in [3.63, 3.8) is 0 Å². The number of H-pyrrole nitrogens is 1. The van der Waals surface area contributed by atoms with Gasteiger partial charge in [-0.1, -0.05) is 13.8 Å². The summed E-state index contributed by atoms with van der Waals surface area (Å²) in [5.74, 6) is 1.87. The van der Waals surface area contributed by atoms with Crippen LogP contribution in [0.4, 0.5) is 0 Å². The van der Waals surface area contributed by atoms with Crippen LogP contribution in [0.15, 0.2) is 9.27 Å². The lowest BCUT2D eigenvalue weighted by Gasteiger charge is -2.33. The Balaban J connectivity index is 1.87. The first-order valence-electron chi connectivity index (χ1n) is 7.26. The van der Waals surface area contributed by atoms with E-state index >= 15 is 0 Å². The highest BCUT2D eigenvalue weighted by Crippen LogP contribution is 2.44. The third-order valence-electron chi connectivity index (χ3n) is 4.60. The number of rotatable bonds is 2. The van der Waals surface area contributed by atoms with Gasteiger partial charge in [-0.05, 0) is 59.9 Å². The predicted molar refractivity (Wildman–Crippen MR) is 79.5 cm³/mol. The molecule has 0 spiro atoms. The second-order valence-corrected chi connectivity index (χ2v) is 7.66. The van der Waals surface area contributed by atoms with Gasteiger partial charge in [0, 0.05) is 11.8 Å². The third kappa shape index (κ3) is 2.78. The topological polar surface area (TPSA) is 45.8 Å². The number of halogens is 1. The molecule has 0 aliphatic heterocycles. The number of nitrogens with one attached hydrogen (secondary N) is 1. The third-order valence-corrected chi connectivity index (χ3v) is 5.36. The minimum atomic E-state index is -0.00302. The Kier molecular flexibility index (Phi) is 3.32. The average molecular weight is 325 g/mol. The van der Waals surface area contributed by atoms with Crippen LogP contribution in [0.3, 0.4) is 0 Å². The molecule has 0 atom stereocenters. The van der Waals surface area contributed by atoms with E-state index in [1.165, 1.54) is 25.7 Å². The molecule has 1 heterocycles. The zero-order valence-electron chi connectivity index (χ0n) is 11.6. The van der Waals surface area contributed by atoms with Crippen LogP contribution < -0.4 is 5.56 Å². The first-order valence-corrected chi connectivity index (χ1v) is 8.05. The highest BCUT2D eigenvalue weighted by Gasteiger charge is 2.32. The standard InChI is InChI=1S/C15H21BrN2O/c1-15(2)7-5-10(6-8-15)13-17-12(9-3-4-9)11(16)14(19)18-13/h9-10H,3-8H2,1-2H3,(H,17,18,19). The first-order chi connectivity index (χ1) is 8.96. The van der Waals surface area contributed by atoms with Crippen molar-refractivity contribution >= 4 is 15.9 Å². The molecule has 104 valence electrons. The Labute approximate surface area is 122 Å². The van der Waals surface area contributed by atoms with Gasteiger partial charge in [0.2, 0.25) is 0 Å². The number of hydrogen-bond acceptors (Lipinski definition) is 2. The van der Waals surface area contributed by atoms with E-state index in [1.54, 1.807) is 0 Å². The molecule has 2 aliphatic rings. The van der Waals surface area contributed by atoms with Gasteiger partial charge in [0.1, 0.15) is 10.3 Å². The zero-order chi connectivity index (χ0) is 13.6. The van der Waals surface area contributed by atoms with E-state index in [1.807, 2.05) is 0 Å². The van der Waals surface area contributed by atoms with Crippen molar-refractivity contribution < 1.29 is 0 Å². The van der Waals surface area contributed by atoms with Crippen molar-refractivity contribution in [3.05, 3.63) is 26.3 Å². The number of hydrogen-bond donors (Lipinski definition) is 1. The predicted octanol–water partition coefficient (Wildman–Crippen LogP) is 4.09. The van der Waals surface area contributed by atoms with Crippen LogP contribution in [0.25, 0.3) is 0 Å². The molecule has 0 unspecified atom stereocenters. The molecule has 0 amide bonds. The Morgan fingerprint density at radius 2 is 1.79 bits per heavy atom. The quantitative estimate of drug-likeness (QED) is 0.890. The first kappa shape index (κ1) is 13.3. The lowest BCUT2D eigenvalue weighted by Crippen LogP contribution is -2.24. The molecule has 1 aromatic rings. The molecule has 0 radical (unpaired) electrons. The van der Waals surface area contributed by atoms with Crippen LogP contribution in [-0.2, 0) is 0 Å². The van der Waals surface area contributed by atoms with Gasteiger partial charge in [-0.25, -0.2) is 4.98 Å². The molecule has 0 bridgehead atoms. The lowest BCUT2D eigenvalue weighted by atomic mass is 9.73. The fourth-order valence-corrected chi connectivity index (χ4v) is 3.50. The van der Waals surface area contributed by atoms with Gasteiger partial charge in [0.05, 0.1) is 5.69 Å². The molecule has 0 saturated heterocycles. The minimum absolute atomic E-state index is 0.00302. The number of aromatic nitrogens is 2. The van der Waals surface area contributed by atoms with Crippen molar-refractivity contribution in [2.75, 3.05) is 0 Å². The molecule has 2 fully saturated rings. The summed E-state index contributed by atoms with van der Waals surface area (Å²) in [6.07, 6.45) is 7.06. The van der Waals surface area contributed by atoms with E-state index in [2.05, 4.69) is 34.8 Å². The van der Waals surface area contributed by atoms with Crippen molar-refractivity contribution in [1.82, 2.24) is 9.97 Å². The van der Waals surface area contributed by atoms with Crippen LogP contribution in [0.1, 0.15) is 75.7 Å². The van der Waals surface area contributed by atoms with Gasteiger partial charge >= 0.3 is 0 Å². The highest BCUT2D eigenvalue weighted by atomic mass is 79.9. The molecule has 3 rings (SSSR count). The second-order valence-electron chi connectivity index (χ2n) is 6.86. The molecule has 1 aromatic heterocycles. The maximum Gasteiger partial charge on any atom is 0.265 e. The van der Waals surface area contributed by atoms with E-state index in [-0.39, 0.29) is 5.56 Å². The summed E-state index contributed by atoms with van der Waals surface area (Å²) in [7, 11) is 0. The molecular weight excluding hydrogens is 304 g/mol. The van der Waals surface area contributed by atoms with E-state index in [4.69, 9.17) is 4.98 Å². The fraction of sp³-hybridized carbons (Fsp3) is 0.733. The second kappa shape index (κ2) is 4.72. The van der Waals surface area contributed by atoms with Crippen LogP contribution in [0, 0.1) is 5.41 Å². The maximum absolute atomic E-state index is 12.0. The van der Waals surface area contributed by atoms with Crippen molar-refractivity contribution in [3.8, 4) is 0 Å². The van der Waals surface area contributed by atoms with E-state index in [0.717, 1.165) is 24.4 Å². The summed E-state index contributed by atoms with van der Waals surface area (Å²) < 4.78 is 0.648. The van der Waals surface area contributed by atoms with E-state index < -0.39 is 0 Å². The number of nitrogens with zero attached hydrogens (tertiary/aromatic N) is 1. The highest BCUT2D eigenvalue weighted by molar-refractivity contribution is 9.10. The maximum atomic E-state index is 12.0. The van der Waals surface area contributed by atoms with E-state index in [9.17, 15) is 4.79 Å². The molecule has 19 heavy (non-hydrogen) atoms. The van der Waals surface area contributed by atoms with Crippen molar-refractivity contribution in [1.29, 1.82) is 0 Å². The fourth-order valence-electron chi connectivity index (χ4n) is 2.99. The van der Waals surface area contributed by atoms with Crippen molar-refractivity contribution in [2.45, 2.75) is 64.2 Å². The summed E-state index contributed by atoms with van der Waals surface area (Å²) in [4.78, 5) is 19.8. The largest absolute Gasteiger partial charge is 0.309 e. The van der Waals surface area contributed by atoms with Gasteiger partial charge in [0.15, 0.2) is 0 Å². The van der Waals surface area contributed by atoms with Crippen LogP contribution >= 0.6 is 15.9 Å². The minimum Gasteiger partial charge on any atom is -0.309 e. The van der Waals surface area contributed by atoms with Gasteiger partial charge in [-0.3, -0.25) is 4.79 Å². The van der Waals surface area contributed by atoms with Gasteiger partial charge < -0.3 is 4.98 Å². The Bertz CT molecular complexity index is 536. The summed E-state index contributed by atoms with van der Waals surface area (Å²) in [5, 5.41) is 0. The summed E-state index contributed by atoms with van der Waals surface area (Å²) in [5.41, 5.74) is 1.44. The normalized spacial score (nSPS) is 23.5. The van der Waals surface area contributed by atoms with Gasteiger partial charge in [-0.15, -0.1) is 0 Å². The SMILES string of the molecule is CC1(C)CCC(c2nc(C3CC3)c(Br)c(=O)[nH]2)CC1. The lowest BCUT2D eigenvalue weighted by molar-refractivity contribution is 0.220. The monoisotopic (exact) mass is 324 g/mol. The molecule has 4 heteroatoms. The summed E-state index contributed by atoms with van der Waals surface area (Å²) in [6.45, 7) is 4.66. The molecule has 2 aliphatic carbocycles. The Morgan fingerprint density at radius 1 is 1.16 bits per heavy atom. The van der Waals surface area contributed by atoms with Gasteiger partial charge in [-0.2, -0.15) is 0 Å². The van der Waals surface area contributed by atoms with Crippen LogP contribution in [-0.4, -0.2) is 9.97 Å². The smallest absolute Gasteiger partial charge is 0.265 e. The molecular formula is C15H21BrN2O. The van der Waals surface area contributed by atoms with E-state index in [0.29, 0.717) is 21.7 Å². The zero-order valence-corrected chi connectivity index (χ0v) is 13.2. The van der Waals surface area contributed by atoms with Crippen molar-refractivity contribution in [2.24, 2.45) is 5.41 Å². The van der Waals surface area contributed by atoms with Crippen LogP contribution in [0.5, 0.6) is 0 Å². The average Bonchev–Trinajstić information content (AvgIpc) is 3.17. The Hall–Kier alpha value is -0.640. The molecule has 3 nitrogen and oxygen atoms in total. The van der Waals surface area contributed by atoms with Crippen LogP contribution in [0.2, 0.25) is 0 Å². The summed E-state index contributed by atoms with van der Waals surface area (Å²) >= 11 is 3.39. The Morgan fingerprint density at radius 3 is 2.37 bits per heavy atom. The molecule has 0 aromatic carbocycles.